The van der Waals surface area contributed by atoms with Gasteiger partial charge in [-0.3, -0.25) is 14.6 Å². The number of hydrogen-bond acceptors (Lipinski definition) is 4. The van der Waals surface area contributed by atoms with Crippen LogP contribution in [0.3, 0.4) is 0 Å². The third kappa shape index (κ3) is 2.63. The molecule has 7 heteroatoms. The third-order valence-electron chi connectivity index (χ3n) is 6.74. The van der Waals surface area contributed by atoms with Crippen molar-refractivity contribution in [3.05, 3.63) is 65.4 Å². The van der Waals surface area contributed by atoms with Crippen LogP contribution in [-0.2, 0) is 11.2 Å². The Labute approximate surface area is 180 Å². The third-order valence-corrected chi connectivity index (χ3v) is 6.74. The smallest absolute Gasteiger partial charge is 0.328 e. The molecule has 0 bridgehead atoms. The largest absolute Gasteiger partial charge is 0.497 e. The normalized spacial score (nSPS) is 22.7. The molecule has 3 amide bonds. The second-order valence-corrected chi connectivity index (χ2v) is 8.20. The van der Waals surface area contributed by atoms with E-state index >= 15 is 0 Å². The quantitative estimate of drug-likeness (QED) is 0.623. The van der Waals surface area contributed by atoms with Crippen molar-refractivity contribution in [3.8, 4) is 5.75 Å². The van der Waals surface area contributed by atoms with Crippen molar-refractivity contribution in [1.29, 1.82) is 0 Å². The van der Waals surface area contributed by atoms with Crippen LogP contribution in [0.25, 0.3) is 10.9 Å². The maximum absolute atomic E-state index is 13.6. The average molecular weight is 418 g/mol. The molecule has 0 aliphatic carbocycles. The molecule has 1 aromatic heterocycles. The number of nitrogens with zero attached hydrogens (tertiary/aromatic N) is 2. The summed E-state index contributed by atoms with van der Waals surface area (Å²) in [5.74, 6) is 0.603. The number of carbonyl (C=O) groups excluding carboxylic acids is 2. The van der Waals surface area contributed by atoms with Crippen molar-refractivity contribution in [2.24, 2.45) is 5.73 Å². The first-order valence-electron chi connectivity index (χ1n) is 10.6. The van der Waals surface area contributed by atoms with Crippen LogP contribution in [0.1, 0.15) is 36.2 Å². The van der Waals surface area contributed by atoms with Gasteiger partial charge < -0.3 is 15.5 Å². The molecule has 31 heavy (non-hydrogen) atoms. The number of carbonyl (C=O) groups is 2. The van der Waals surface area contributed by atoms with E-state index in [1.165, 1.54) is 4.90 Å². The fraction of sp³-hybridized carbons (Fsp3) is 0.333. The van der Waals surface area contributed by atoms with Gasteiger partial charge in [0.05, 0.1) is 7.11 Å². The number of ether oxygens (including phenoxy) is 1. The maximum Gasteiger partial charge on any atom is 0.328 e. The Morgan fingerprint density at radius 2 is 1.97 bits per heavy atom. The number of rotatable bonds is 5. The summed E-state index contributed by atoms with van der Waals surface area (Å²) in [6, 6.07) is 15.1. The molecule has 2 unspecified atom stereocenters. The standard InChI is InChI=1S/C24H26N4O3/c1-3-24-14-18-17-13-16(31-2)9-10-19(17)26-20(18)21(15-7-5-4-6-8-15)28(24)23(30)27(12-11-25)22(24)29/h4-10,13,21,26H,3,11-12,14,25H2,1-2H3. The molecule has 0 saturated carbocycles. The molecule has 2 atom stereocenters. The number of nitrogens with one attached hydrogen (secondary N) is 1. The molecular weight excluding hydrogens is 392 g/mol. The van der Waals surface area contributed by atoms with Crippen LogP contribution in [0.15, 0.2) is 48.5 Å². The number of hydrogen-bond donors (Lipinski definition) is 2. The number of benzene rings is 2. The number of amides is 3. The molecule has 7 nitrogen and oxygen atoms in total. The highest BCUT2D eigenvalue weighted by molar-refractivity contribution is 6.08. The first kappa shape index (κ1) is 19.6. The number of urea groups is 1. The van der Waals surface area contributed by atoms with Gasteiger partial charge in [-0.25, -0.2) is 4.79 Å². The van der Waals surface area contributed by atoms with Crippen molar-refractivity contribution >= 4 is 22.8 Å². The minimum atomic E-state index is -0.933. The number of aromatic amines is 1. The minimum absolute atomic E-state index is 0.158. The summed E-state index contributed by atoms with van der Waals surface area (Å²) < 4.78 is 5.45. The molecule has 3 heterocycles. The first-order valence-corrected chi connectivity index (χ1v) is 10.6. The molecule has 1 fully saturated rings. The summed E-state index contributed by atoms with van der Waals surface area (Å²) in [6.07, 6.45) is 0.985. The average Bonchev–Trinajstić information content (AvgIpc) is 3.26. The van der Waals surface area contributed by atoms with Gasteiger partial charge in [0.25, 0.3) is 5.91 Å². The van der Waals surface area contributed by atoms with E-state index in [9.17, 15) is 9.59 Å². The topological polar surface area (TPSA) is 91.7 Å². The van der Waals surface area contributed by atoms with Crippen LogP contribution in [0.2, 0.25) is 0 Å². The van der Waals surface area contributed by atoms with Crippen LogP contribution in [0.5, 0.6) is 5.75 Å². The zero-order chi connectivity index (χ0) is 21.8. The second kappa shape index (κ2) is 7.13. The Morgan fingerprint density at radius 3 is 2.65 bits per heavy atom. The number of methoxy groups -OCH3 is 1. The molecule has 2 aliphatic heterocycles. The highest BCUT2D eigenvalue weighted by Gasteiger charge is 2.61. The molecule has 3 aromatic rings. The van der Waals surface area contributed by atoms with Crippen LogP contribution >= 0.6 is 0 Å². The highest BCUT2D eigenvalue weighted by atomic mass is 16.5. The molecule has 2 aliphatic rings. The maximum atomic E-state index is 13.6. The Balaban J connectivity index is 1.79. The van der Waals surface area contributed by atoms with Crippen molar-refractivity contribution in [3.63, 3.8) is 0 Å². The number of fused-ring (bicyclic) bond motifs is 4. The number of nitrogens with two attached hydrogens (primary N) is 1. The number of H-pyrrole nitrogens is 1. The predicted molar refractivity (Wildman–Crippen MR) is 118 cm³/mol. The summed E-state index contributed by atoms with van der Waals surface area (Å²) in [4.78, 5) is 33.9. The van der Waals surface area contributed by atoms with Gasteiger partial charge in [0.1, 0.15) is 17.3 Å². The van der Waals surface area contributed by atoms with E-state index in [2.05, 4.69) is 4.98 Å². The molecule has 0 radical (unpaired) electrons. The lowest BCUT2D eigenvalue weighted by Gasteiger charge is -2.44. The molecule has 1 saturated heterocycles. The van der Waals surface area contributed by atoms with Crippen molar-refractivity contribution in [1.82, 2.24) is 14.8 Å². The fourth-order valence-corrected chi connectivity index (χ4v) is 5.22. The van der Waals surface area contributed by atoms with E-state index in [0.29, 0.717) is 12.8 Å². The molecule has 160 valence electrons. The van der Waals surface area contributed by atoms with E-state index in [1.807, 2.05) is 55.5 Å². The molecule has 0 spiro atoms. The van der Waals surface area contributed by atoms with Crippen molar-refractivity contribution in [2.75, 3.05) is 20.2 Å². The Morgan fingerprint density at radius 1 is 1.19 bits per heavy atom. The van der Waals surface area contributed by atoms with E-state index in [0.717, 1.165) is 33.5 Å². The Hall–Kier alpha value is -3.32. The van der Waals surface area contributed by atoms with Gasteiger partial charge in [-0.1, -0.05) is 37.3 Å². The zero-order valence-electron chi connectivity index (χ0n) is 17.7. The lowest BCUT2D eigenvalue weighted by molar-refractivity contribution is -0.134. The molecule has 3 N–H and O–H groups in total. The SMILES string of the molecule is CCC12Cc3c([nH]c4ccc(OC)cc34)C(c3ccccc3)N1C(=O)N(CCN)C2=O. The number of imide groups is 1. The Kier molecular flexibility index (Phi) is 4.51. The summed E-state index contributed by atoms with van der Waals surface area (Å²) >= 11 is 0. The van der Waals surface area contributed by atoms with Crippen LogP contribution in [0.4, 0.5) is 4.79 Å². The highest BCUT2D eigenvalue weighted by Crippen LogP contribution is 2.50. The van der Waals surface area contributed by atoms with Crippen LogP contribution in [0, 0.1) is 0 Å². The van der Waals surface area contributed by atoms with E-state index < -0.39 is 5.54 Å². The zero-order valence-corrected chi connectivity index (χ0v) is 17.7. The van der Waals surface area contributed by atoms with Gasteiger partial charge in [0, 0.05) is 36.1 Å². The summed E-state index contributed by atoms with van der Waals surface area (Å²) in [7, 11) is 1.65. The Bertz CT molecular complexity index is 1170. The second-order valence-electron chi connectivity index (χ2n) is 8.20. The van der Waals surface area contributed by atoms with Crippen LogP contribution in [-0.4, -0.2) is 52.5 Å². The summed E-state index contributed by atoms with van der Waals surface area (Å²) in [5, 5.41) is 1.03. The van der Waals surface area contributed by atoms with E-state index in [1.54, 1.807) is 12.0 Å². The lowest BCUT2D eigenvalue weighted by Crippen LogP contribution is -2.55. The van der Waals surface area contributed by atoms with Gasteiger partial charge in [-0.15, -0.1) is 0 Å². The van der Waals surface area contributed by atoms with Crippen molar-refractivity contribution < 1.29 is 14.3 Å². The van der Waals surface area contributed by atoms with Gasteiger partial charge in [-0.2, -0.15) is 0 Å². The molecular formula is C24H26N4O3. The minimum Gasteiger partial charge on any atom is -0.497 e. The fourth-order valence-electron chi connectivity index (χ4n) is 5.22. The summed E-state index contributed by atoms with van der Waals surface area (Å²) in [5.41, 5.74) is 8.76. The lowest BCUT2D eigenvalue weighted by atomic mass is 9.78. The van der Waals surface area contributed by atoms with Gasteiger partial charge >= 0.3 is 6.03 Å². The van der Waals surface area contributed by atoms with Gasteiger partial charge in [-0.05, 0) is 35.7 Å². The van der Waals surface area contributed by atoms with Crippen molar-refractivity contribution in [2.45, 2.75) is 31.3 Å². The van der Waals surface area contributed by atoms with Gasteiger partial charge in [0.15, 0.2) is 0 Å². The van der Waals surface area contributed by atoms with Gasteiger partial charge in [0.2, 0.25) is 0 Å². The van der Waals surface area contributed by atoms with Crippen LogP contribution < -0.4 is 10.5 Å². The first-order chi connectivity index (χ1) is 15.1. The molecule has 2 aromatic carbocycles. The van der Waals surface area contributed by atoms with E-state index in [4.69, 9.17) is 10.5 Å². The van der Waals surface area contributed by atoms with E-state index in [-0.39, 0.29) is 31.1 Å². The molecule has 5 rings (SSSR count). The monoisotopic (exact) mass is 418 g/mol. The number of aromatic nitrogens is 1. The predicted octanol–water partition coefficient (Wildman–Crippen LogP) is 3.19. The summed E-state index contributed by atoms with van der Waals surface area (Å²) in [6.45, 7) is 2.44.